The normalized spacial score (nSPS) is 23.9. The average molecular weight is 335 g/mol. The lowest BCUT2D eigenvalue weighted by Crippen LogP contribution is -2.45. The fourth-order valence-electron chi connectivity index (χ4n) is 3.83. The van der Waals surface area contributed by atoms with Crippen LogP contribution >= 0.6 is 11.6 Å². The van der Waals surface area contributed by atoms with Gasteiger partial charge < -0.3 is 4.90 Å². The van der Waals surface area contributed by atoms with Gasteiger partial charge in [-0.15, -0.1) is 0 Å². The largest absolute Gasteiger partial charge is 0.342 e. The Labute approximate surface area is 144 Å². The molecule has 1 atom stereocenters. The number of carbonyl (C=O) groups excluding carboxylic acids is 1. The minimum atomic E-state index is 0.238. The van der Waals surface area contributed by atoms with Gasteiger partial charge in [0.15, 0.2) is 0 Å². The molecule has 0 bridgehead atoms. The number of hydrogen-bond acceptors (Lipinski definition) is 2. The molecule has 23 heavy (non-hydrogen) atoms. The topological polar surface area (TPSA) is 23.6 Å². The van der Waals surface area contributed by atoms with E-state index in [4.69, 9.17) is 11.6 Å². The molecular formula is C19H27ClN2O. The van der Waals surface area contributed by atoms with Crippen LogP contribution in [0.5, 0.6) is 0 Å². The van der Waals surface area contributed by atoms with Gasteiger partial charge >= 0.3 is 0 Å². The first kappa shape index (κ1) is 16.8. The molecule has 2 aliphatic heterocycles. The maximum absolute atomic E-state index is 12.7. The SMILES string of the molecule is CC1CCCN(C(=O)C2CCN(Cc3ccc(Cl)cc3)CC2)C1. The third kappa shape index (κ3) is 4.48. The molecule has 0 radical (unpaired) electrons. The second kappa shape index (κ2) is 7.67. The van der Waals surface area contributed by atoms with Crippen LogP contribution in [0.4, 0.5) is 0 Å². The molecule has 2 heterocycles. The van der Waals surface area contributed by atoms with Crippen LogP contribution in [0.1, 0.15) is 38.2 Å². The van der Waals surface area contributed by atoms with E-state index in [2.05, 4.69) is 28.9 Å². The third-order valence-corrected chi connectivity index (χ3v) is 5.48. The molecule has 0 aromatic heterocycles. The number of piperidine rings is 2. The number of halogens is 1. The van der Waals surface area contributed by atoms with Gasteiger partial charge in [0.05, 0.1) is 0 Å². The first-order chi connectivity index (χ1) is 11.1. The van der Waals surface area contributed by atoms with Crippen LogP contribution in [0.2, 0.25) is 5.02 Å². The monoisotopic (exact) mass is 334 g/mol. The molecule has 1 unspecified atom stereocenters. The van der Waals surface area contributed by atoms with Gasteiger partial charge in [0, 0.05) is 30.6 Å². The zero-order valence-corrected chi connectivity index (χ0v) is 14.8. The standard InChI is InChI=1S/C19H27ClN2O/c1-15-3-2-10-22(13-15)19(23)17-8-11-21(12-9-17)14-16-4-6-18(20)7-5-16/h4-7,15,17H,2-3,8-14H2,1H3. The van der Waals surface area contributed by atoms with Crippen LogP contribution in [0.25, 0.3) is 0 Å². The summed E-state index contributed by atoms with van der Waals surface area (Å²) >= 11 is 5.94. The number of nitrogens with zero attached hydrogens (tertiary/aromatic N) is 2. The minimum absolute atomic E-state index is 0.238. The molecule has 126 valence electrons. The first-order valence-corrected chi connectivity index (χ1v) is 9.25. The van der Waals surface area contributed by atoms with Crippen molar-refractivity contribution in [3.05, 3.63) is 34.9 Å². The lowest BCUT2D eigenvalue weighted by molar-refractivity contribution is -0.138. The van der Waals surface area contributed by atoms with Crippen molar-refractivity contribution in [2.75, 3.05) is 26.2 Å². The molecule has 1 aromatic rings. The van der Waals surface area contributed by atoms with Crippen LogP contribution in [0.15, 0.2) is 24.3 Å². The van der Waals surface area contributed by atoms with Crippen molar-refractivity contribution in [1.82, 2.24) is 9.80 Å². The van der Waals surface area contributed by atoms with Gasteiger partial charge in [-0.2, -0.15) is 0 Å². The van der Waals surface area contributed by atoms with Crippen molar-refractivity contribution < 1.29 is 4.79 Å². The number of likely N-dealkylation sites (tertiary alicyclic amines) is 2. The van der Waals surface area contributed by atoms with Crippen molar-refractivity contribution in [3.63, 3.8) is 0 Å². The van der Waals surface area contributed by atoms with Gasteiger partial charge in [0.25, 0.3) is 0 Å². The summed E-state index contributed by atoms with van der Waals surface area (Å²) in [5.41, 5.74) is 1.30. The Bertz CT molecular complexity index is 523. The van der Waals surface area contributed by atoms with E-state index < -0.39 is 0 Å². The summed E-state index contributed by atoms with van der Waals surface area (Å²) in [6.07, 6.45) is 4.43. The van der Waals surface area contributed by atoms with E-state index in [-0.39, 0.29) is 5.92 Å². The van der Waals surface area contributed by atoms with Crippen molar-refractivity contribution >= 4 is 17.5 Å². The molecule has 0 aliphatic carbocycles. The molecule has 0 spiro atoms. The Kier molecular flexibility index (Phi) is 5.60. The second-order valence-corrected chi connectivity index (χ2v) is 7.64. The number of hydrogen-bond donors (Lipinski definition) is 0. The zero-order valence-electron chi connectivity index (χ0n) is 14.0. The second-order valence-electron chi connectivity index (χ2n) is 7.21. The molecule has 0 saturated carbocycles. The van der Waals surface area contributed by atoms with Crippen LogP contribution in [0, 0.1) is 11.8 Å². The minimum Gasteiger partial charge on any atom is -0.342 e. The Morgan fingerprint density at radius 1 is 1.13 bits per heavy atom. The van der Waals surface area contributed by atoms with Gasteiger partial charge in [0.2, 0.25) is 5.91 Å². The fraction of sp³-hybridized carbons (Fsp3) is 0.632. The number of amides is 1. The molecular weight excluding hydrogens is 308 g/mol. The van der Waals surface area contributed by atoms with Crippen LogP contribution < -0.4 is 0 Å². The van der Waals surface area contributed by atoms with E-state index in [1.165, 1.54) is 18.4 Å². The van der Waals surface area contributed by atoms with Crippen molar-refractivity contribution in [2.24, 2.45) is 11.8 Å². The lowest BCUT2D eigenvalue weighted by Gasteiger charge is -2.37. The predicted octanol–water partition coefficient (Wildman–Crippen LogP) is 3.81. The highest BCUT2D eigenvalue weighted by Gasteiger charge is 2.30. The van der Waals surface area contributed by atoms with Crippen molar-refractivity contribution in [1.29, 1.82) is 0 Å². The van der Waals surface area contributed by atoms with E-state index in [9.17, 15) is 4.79 Å². The summed E-state index contributed by atoms with van der Waals surface area (Å²) in [4.78, 5) is 17.3. The summed E-state index contributed by atoms with van der Waals surface area (Å²) in [6.45, 7) is 7.18. The molecule has 0 N–H and O–H groups in total. The average Bonchev–Trinajstić information content (AvgIpc) is 2.57. The highest BCUT2D eigenvalue weighted by Crippen LogP contribution is 2.24. The summed E-state index contributed by atoms with van der Waals surface area (Å²) in [5, 5.41) is 0.786. The summed E-state index contributed by atoms with van der Waals surface area (Å²) in [6, 6.07) is 8.08. The molecule has 1 aromatic carbocycles. The number of carbonyl (C=O) groups is 1. The molecule has 4 heteroatoms. The molecule has 3 rings (SSSR count). The van der Waals surface area contributed by atoms with Crippen LogP contribution in [0.3, 0.4) is 0 Å². The molecule has 2 fully saturated rings. The van der Waals surface area contributed by atoms with Crippen LogP contribution in [-0.2, 0) is 11.3 Å². The number of benzene rings is 1. The molecule has 2 saturated heterocycles. The van der Waals surface area contributed by atoms with Gasteiger partial charge in [-0.05, 0) is 62.4 Å². The molecule has 3 nitrogen and oxygen atoms in total. The summed E-state index contributed by atoms with van der Waals surface area (Å²) in [5.74, 6) is 1.31. The van der Waals surface area contributed by atoms with E-state index in [1.807, 2.05) is 12.1 Å². The number of rotatable bonds is 3. The molecule has 1 amide bonds. The highest BCUT2D eigenvalue weighted by atomic mass is 35.5. The van der Waals surface area contributed by atoms with E-state index in [1.54, 1.807) is 0 Å². The summed E-state index contributed by atoms with van der Waals surface area (Å²) < 4.78 is 0. The van der Waals surface area contributed by atoms with E-state index in [0.29, 0.717) is 11.8 Å². The maximum Gasteiger partial charge on any atom is 0.225 e. The molecule has 2 aliphatic rings. The Morgan fingerprint density at radius 3 is 2.48 bits per heavy atom. The van der Waals surface area contributed by atoms with Gasteiger partial charge in [-0.25, -0.2) is 0 Å². The van der Waals surface area contributed by atoms with E-state index >= 15 is 0 Å². The Morgan fingerprint density at radius 2 is 1.83 bits per heavy atom. The Balaban J connectivity index is 1.48. The highest BCUT2D eigenvalue weighted by molar-refractivity contribution is 6.30. The summed E-state index contributed by atoms with van der Waals surface area (Å²) in [7, 11) is 0. The smallest absolute Gasteiger partial charge is 0.225 e. The van der Waals surface area contributed by atoms with Gasteiger partial charge in [0.1, 0.15) is 0 Å². The van der Waals surface area contributed by atoms with E-state index in [0.717, 1.165) is 50.6 Å². The first-order valence-electron chi connectivity index (χ1n) is 8.87. The van der Waals surface area contributed by atoms with Crippen molar-refractivity contribution in [3.8, 4) is 0 Å². The predicted molar refractivity (Wildman–Crippen MR) is 94.4 cm³/mol. The zero-order chi connectivity index (χ0) is 16.2. The Hall–Kier alpha value is -1.06. The quantitative estimate of drug-likeness (QED) is 0.839. The maximum atomic E-state index is 12.7. The lowest BCUT2D eigenvalue weighted by atomic mass is 9.92. The third-order valence-electron chi connectivity index (χ3n) is 5.22. The van der Waals surface area contributed by atoms with Crippen LogP contribution in [-0.4, -0.2) is 41.9 Å². The fourth-order valence-corrected chi connectivity index (χ4v) is 3.96. The van der Waals surface area contributed by atoms with Crippen molar-refractivity contribution in [2.45, 2.75) is 39.2 Å². The van der Waals surface area contributed by atoms with Gasteiger partial charge in [-0.1, -0.05) is 30.7 Å². The van der Waals surface area contributed by atoms with Gasteiger partial charge in [-0.3, -0.25) is 9.69 Å².